The summed E-state index contributed by atoms with van der Waals surface area (Å²) >= 11 is 6.10. The summed E-state index contributed by atoms with van der Waals surface area (Å²) in [6, 6.07) is 22.4. The Bertz CT molecular complexity index is 1380. The predicted molar refractivity (Wildman–Crippen MR) is 122 cm³/mol. The number of carbonyl (C=O) groups excluding carboxylic acids is 1. The number of ether oxygens (including phenoxy) is 1. The standard InChI is InChI=1S/C23H17ClN6O2/c24-16-7-9-19(18(11-16)22-27-29-30-28-22)26-23(31)21-10-15-6-8-17(12-20(15)25-21)32-13-14-4-2-1-3-5-14/h1-12,25H,13H2,(H,26,31)(H,27,28,29,30). The average molecular weight is 445 g/mol. The van der Waals surface area contributed by atoms with Crippen molar-refractivity contribution in [2.24, 2.45) is 0 Å². The fourth-order valence-corrected chi connectivity index (χ4v) is 3.51. The van der Waals surface area contributed by atoms with Crippen molar-refractivity contribution in [1.29, 1.82) is 0 Å². The second kappa shape index (κ2) is 8.52. The number of halogens is 1. The number of hydrogen-bond acceptors (Lipinski definition) is 5. The van der Waals surface area contributed by atoms with E-state index in [1.54, 1.807) is 24.3 Å². The number of aromatic amines is 2. The van der Waals surface area contributed by atoms with Gasteiger partial charge in [0.15, 0.2) is 0 Å². The first-order valence-electron chi connectivity index (χ1n) is 9.80. The quantitative estimate of drug-likeness (QED) is 0.347. The molecule has 2 heterocycles. The monoisotopic (exact) mass is 444 g/mol. The number of benzene rings is 3. The number of rotatable bonds is 6. The van der Waals surface area contributed by atoms with Crippen LogP contribution in [0.5, 0.6) is 5.75 Å². The molecule has 0 bridgehead atoms. The van der Waals surface area contributed by atoms with Crippen LogP contribution in [0.4, 0.5) is 5.69 Å². The molecular formula is C23H17ClN6O2. The summed E-state index contributed by atoms with van der Waals surface area (Å²) in [4.78, 5) is 16.1. The van der Waals surface area contributed by atoms with E-state index in [1.165, 1.54) is 0 Å². The molecule has 32 heavy (non-hydrogen) atoms. The van der Waals surface area contributed by atoms with Crippen LogP contribution in [-0.2, 0) is 6.61 Å². The molecule has 8 nitrogen and oxygen atoms in total. The third kappa shape index (κ3) is 4.17. The molecule has 1 amide bonds. The van der Waals surface area contributed by atoms with E-state index in [1.807, 2.05) is 48.5 Å². The number of nitrogens with one attached hydrogen (secondary N) is 3. The lowest BCUT2D eigenvalue weighted by Gasteiger charge is -2.08. The Hall–Kier alpha value is -4.17. The maximum Gasteiger partial charge on any atom is 0.272 e. The molecule has 0 unspecified atom stereocenters. The van der Waals surface area contributed by atoms with Crippen LogP contribution in [0.1, 0.15) is 16.1 Å². The van der Waals surface area contributed by atoms with Crippen LogP contribution in [0.2, 0.25) is 5.02 Å². The third-order valence-corrected chi connectivity index (χ3v) is 5.14. The second-order valence-corrected chi connectivity index (χ2v) is 7.52. The second-order valence-electron chi connectivity index (χ2n) is 7.09. The van der Waals surface area contributed by atoms with Gasteiger partial charge in [0.1, 0.15) is 18.1 Å². The number of tetrazole rings is 1. The van der Waals surface area contributed by atoms with E-state index in [2.05, 4.69) is 30.9 Å². The van der Waals surface area contributed by atoms with Crippen molar-refractivity contribution in [1.82, 2.24) is 25.6 Å². The van der Waals surface area contributed by atoms with Gasteiger partial charge in [-0.2, -0.15) is 5.21 Å². The molecule has 0 saturated heterocycles. The molecule has 9 heteroatoms. The van der Waals surface area contributed by atoms with Gasteiger partial charge in [0, 0.05) is 27.6 Å². The van der Waals surface area contributed by atoms with E-state index in [-0.39, 0.29) is 5.91 Å². The Morgan fingerprint density at radius 3 is 2.72 bits per heavy atom. The van der Waals surface area contributed by atoms with Gasteiger partial charge in [-0.05, 0) is 47.2 Å². The van der Waals surface area contributed by atoms with Gasteiger partial charge in [-0.3, -0.25) is 4.79 Å². The summed E-state index contributed by atoms with van der Waals surface area (Å²) < 4.78 is 5.88. The molecule has 0 spiro atoms. The van der Waals surface area contributed by atoms with Crippen molar-refractivity contribution in [3.05, 3.63) is 89.1 Å². The Morgan fingerprint density at radius 1 is 1.03 bits per heavy atom. The van der Waals surface area contributed by atoms with Crippen molar-refractivity contribution in [2.45, 2.75) is 6.61 Å². The van der Waals surface area contributed by atoms with Gasteiger partial charge in [-0.15, -0.1) is 10.2 Å². The van der Waals surface area contributed by atoms with Crippen LogP contribution in [0.3, 0.4) is 0 Å². The Kier molecular flexibility index (Phi) is 5.27. The number of anilines is 1. The fourth-order valence-electron chi connectivity index (χ4n) is 3.34. The molecule has 0 aliphatic heterocycles. The largest absolute Gasteiger partial charge is 0.489 e. The molecule has 0 atom stereocenters. The minimum atomic E-state index is -0.306. The topological polar surface area (TPSA) is 109 Å². The summed E-state index contributed by atoms with van der Waals surface area (Å²) in [5, 5.41) is 18.2. The smallest absolute Gasteiger partial charge is 0.272 e. The highest BCUT2D eigenvalue weighted by Gasteiger charge is 2.15. The number of hydrogen-bond donors (Lipinski definition) is 3. The molecule has 0 saturated carbocycles. The van der Waals surface area contributed by atoms with Crippen LogP contribution >= 0.6 is 11.6 Å². The van der Waals surface area contributed by atoms with E-state index < -0.39 is 0 Å². The average Bonchev–Trinajstić information content (AvgIpc) is 3.49. The summed E-state index contributed by atoms with van der Waals surface area (Å²) in [5.41, 5.74) is 3.38. The first kappa shape index (κ1) is 19.8. The molecule has 0 fully saturated rings. The molecule has 0 aliphatic rings. The number of amides is 1. The van der Waals surface area contributed by atoms with Gasteiger partial charge in [0.2, 0.25) is 5.82 Å². The van der Waals surface area contributed by atoms with Crippen LogP contribution < -0.4 is 10.1 Å². The van der Waals surface area contributed by atoms with Crippen LogP contribution in [0, 0.1) is 0 Å². The number of carbonyl (C=O) groups is 1. The fraction of sp³-hybridized carbons (Fsp3) is 0.0435. The van der Waals surface area contributed by atoms with Crippen LogP contribution in [-0.4, -0.2) is 31.5 Å². The van der Waals surface area contributed by atoms with Gasteiger partial charge < -0.3 is 15.0 Å². The third-order valence-electron chi connectivity index (χ3n) is 4.90. The Morgan fingerprint density at radius 2 is 1.91 bits per heavy atom. The molecule has 0 aliphatic carbocycles. The minimum Gasteiger partial charge on any atom is -0.489 e. The Labute approximate surface area is 187 Å². The number of aromatic nitrogens is 5. The van der Waals surface area contributed by atoms with Crippen LogP contribution in [0.25, 0.3) is 22.3 Å². The van der Waals surface area contributed by atoms with E-state index in [0.717, 1.165) is 16.5 Å². The zero-order chi connectivity index (χ0) is 21.9. The lowest BCUT2D eigenvalue weighted by atomic mass is 10.1. The highest BCUT2D eigenvalue weighted by atomic mass is 35.5. The van der Waals surface area contributed by atoms with E-state index in [0.29, 0.717) is 40.1 Å². The Balaban J connectivity index is 1.35. The number of nitrogens with zero attached hydrogens (tertiary/aromatic N) is 3. The normalized spacial score (nSPS) is 10.9. The zero-order valence-electron chi connectivity index (χ0n) is 16.7. The minimum absolute atomic E-state index is 0.306. The molecule has 0 radical (unpaired) electrons. The number of fused-ring (bicyclic) bond motifs is 1. The molecule has 158 valence electrons. The molecule has 3 N–H and O–H groups in total. The van der Waals surface area contributed by atoms with Gasteiger partial charge in [-0.25, -0.2) is 0 Å². The summed E-state index contributed by atoms with van der Waals surface area (Å²) in [6.45, 7) is 0.468. The predicted octanol–water partition coefficient (Wildman–Crippen LogP) is 4.83. The summed E-state index contributed by atoms with van der Waals surface area (Å²) in [6.07, 6.45) is 0. The van der Waals surface area contributed by atoms with Crippen molar-refractivity contribution in [3.63, 3.8) is 0 Å². The summed E-state index contributed by atoms with van der Waals surface area (Å²) in [7, 11) is 0. The lowest BCUT2D eigenvalue weighted by molar-refractivity contribution is 0.102. The van der Waals surface area contributed by atoms with E-state index in [4.69, 9.17) is 16.3 Å². The van der Waals surface area contributed by atoms with E-state index in [9.17, 15) is 4.79 Å². The molecule has 5 rings (SSSR count). The highest BCUT2D eigenvalue weighted by Crippen LogP contribution is 2.29. The van der Waals surface area contributed by atoms with Crippen molar-refractivity contribution in [3.8, 4) is 17.1 Å². The van der Waals surface area contributed by atoms with Gasteiger partial charge in [0.05, 0.1) is 5.69 Å². The van der Waals surface area contributed by atoms with Crippen molar-refractivity contribution >= 4 is 34.1 Å². The summed E-state index contributed by atoms with van der Waals surface area (Å²) in [5.74, 6) is 0.743. The van der Waals surface area contributed by atoms with Crippen molar-refractivity contribution in [2.75, 3.05) is 5.32 Å². The molecular weight excluding hydrogens is 428 g/mol. The SMILES string of the molecule is O=C(Nc1ccc(Cl)cc1-c1nn[nH]n1)c1cc2ccc(OCc3ccccc3)cc2[nH]1. The molecule has 5 aromatic rings. The first-order valence-corrected chi connectivity index (χ1v) is 10.2. The molecule has 2 aromatic heterocycles. The lowest BCUT2D eigenvalue weighted by Crippen LogP contribution is -2.13. The molecule has 3 aromatic carbocycles. The maximum absolute atomic E-state index is 12.9. The zero-order valence-corrected chi connectivity index (χ0v) is 17.4. The van der Waals surface area contributed by atoms with Gasteiger partial charge >= 0.3 is 0 Å². The van der Waals surface area contributed by atoms with Gasteiger partial charge in [-0.1, -0.05) is 41.9 Å². The van der Waals surface area contributed by atoms with Crippen molar-refractivity contribution < 1.29 is 9.53 Å². The van der Waals surface area contributed by atoms with Gasteiger partial charge in [0.25, 0.3) is 5.91 Å². The number of H-pyrrole nitrogens is 2. The maximum atomic E-state index is 12.9. The first-order chi connectivity index (χ1) is 15.7. The van der Waals surface area contributed by atoms with Crippen LogP contribution in [0.15, 0.2) is 72.8 Å². The van der Waals surface area contributed by atoms with E-state index >= 15 is 0 Å². The highest BCUT2D eigenvalue weighted by molar-refractivity contribution is 6.31.